The number of hydrogen-bond donors (Lipinski definition) is 1. The largest absolute Gasteiger partial charge is 0.490 e. The van der Waals surface area contributed by atoms with Gasteiger partial charge in [0.15, 0.2) is 0 Å². The van der Waals surface area contributed by atoms with E-state index in [1.165, 1.54) is 24.3 Å². The molecule has 1 N–H and O–H groups in total. The van der Waals surface area contributed by atoms with E-state index < -0.39 is 17.7 Å². The number of rotatable bonds is 2. The summed E-state index contributed by atoms with van der Waals surface area (Å²) >= 11 is 0. The predicted octanol–water partition coefficient (Wildman–Crippen LogP) is 3.93. The number of aromatic carboxylic acids is 1. The molecule has 0 unspecified atom stereocenters. The maximum Gasteiger partial charge on any atom is 0.416 e. The van der Waals surface area contributed by atoms with E-state index in [2.05, 4.69) is 0 Å². The molecular formula is C16H12F3NO3. The number of fused-ring (bicyclic) bond motifs is 1. The molecule has 120 valence electrons. The predicted molar refractivity (Wildman–Crippen MR) is 77.3 cm³/mol. The Morgan fingerprint density at radius 3 is 2.43 bits per heavy atom. The monoisotopic (exact) mass is 323 g/mol. The molecule has 1 heterocycles. The van der Waals surface area contributed by atoms with Crippen molar-refractivity contribution in [1.82, 2.24) is 0 Å². The van der Waals surface area contributed by atoms with E-state index in [0.717, 1.165) is 12.1 Å². The molecule has 0 atom stereocenters. The summed E-state index contributed by atoms with van der Waals surface area (Å²) in [6.45, 7) is 0.780. The highest BCUT2D eigenvalue weighted by atomic mass is 19.4. The van der Waals surface area contributed by atoms with Crippen LogP contribution in [-0.4, -0.2) is 24.2 Å². The van der Waals surface area contributed by atoms with Gasteiger partial charge in [-0.1, -0.05) is 0 Å². The second-order valence-electron chi connectivity index (χ2n) is 5.03. The van der Waals surface area contributed by atoms with E-state index in [1.54, 1.807) is 11.0 Å². The highest BCUT2D eigenvalue weighted by Crippen LogP contribution is 2.38. The number of alkyl halides is 3. The number of carboxylic acids is 1. The van der Waals surface area contributed by atoms with E-state index in [-0.39, 0.29) is 5.56 Å². The van der Waals surface area contributed by atoms with Gasteiger partial charge in [0.05, 0.1) is 23.4 Å². The Labute approximate surface area is 129 Å². The third kappa shape index (κ3) is 2.94. The van der Waals surface area contributed by atoms with Crippen molar-refractivity contribution in [2.24, 2.45) is 0 Å². The van der Waals surface area contributed by atoms with Crippen molar-refractivity contribution in [2.75, 3.05) is 18.1 Å². The Kier molecular flexibility index (Phi) is 3.63. The van der Waals surface area contributed by atoms with Crippen LogP contribution in [0.1, 0.15) is 15.9 Å². The van der Waals surface area contributed by atoms with Crippen LogP contribution >= 0.6 is 0 Å². The molecule has 0 fully saturated rings. The van der Waals surface area contributed by atoms with Crippen LogP contribution in [0.2, 0.25) is 0 Å². The quantitative estimate of drug-likeness (QED) is 0.909. The highest BCUT2D eigenvalue weighted by Gasteiger charge is 2.30. The van der Waals surface area contributed by atoms with Gasteiger partial charge in [0.1, 0.15) is 12.4 Å². The molecule has 0 saturated carbocycles. The van der Waals surface area contributed by atoms with E-state index in [0.29, 0.717) is 30.3 Å². The minimum Gasteiger partial charge on any atom is -0.490 e. The lowest BCUT2D eigenvalue weighted by molar-refractivity contribution is -0.137. The summed E-state index contributed by atoms with van der Waals surface area (Å²) in [7, 11) is 0. The molecule has 0 bridgehead atoms. The fourth-order valence-electron chi connectivity index (χ4n) is 2.45. The lowest BCUT2D eigenvalue weighted by atomic mass is 10.1. The molecule has 23 heavy (non-hydrogen) atoms. The third-order valence-electron chi connectivity index (χ3n) is 3.58. The highest BCUT2D eigenvalue weighted by molar-refractivity contribution is 5.90. The number of nitrogens with zero attached hydrogens (tertiary/aromatic N) is 1. The number of halogens is 3. The Bertz CT molecular complexity index is 741. The lowest BCUT2D eigenvalue weighted by Gasteiger charge is -2.31. The third-order valence-corrected chi connectivity index (χ3v) is 3.58. The molecule has 4 nitrogen and oxygen atoms in total. The smallest absolute Gasteiger partial charge is 0.416 e. The zero-order valence-corrected chi connectivity index (χ0v) is 11.8. The number of carboxylic acid groups (broad SMARTS) is 1. The van der Waals surface area contributed by atoms with Gasteiger partial charge >= 0.3 is 12.1 Å². The molecule has 2 aromatic carbocycles. The fraction of sp³-hybridized carbons (Fsp3) is 0.188. The van der Waals surface area contributed by atoms with E-state index in [9.17, 15) is 18.0 Å². The average molecular weight is 323 g/mol. The van der Waals surface area contributed by atoms with Gasteiger partial charge in [-0.05, 0) is 42.5 Å². The summed E-state index contributed by atoms with van der Waals surface area (Å²) in [6, 6.07) is 9.18. The Morgan fingerprint density at radius 1 is 1.13 bits per heavy atom. The average Bonchev–Trinajstić information content (AvgIpc) is 2.53. The van der Waals surface area contributed by atoms with Crippen LogP contribution in [0.5, 0.6) is 5.75 Å². The van der Waals surface area contributed by atoms with Gasteiger partial charge in [-0.15, -0.1) is 0 Å². The molecule has 0 amide bonds. The molecule has 0 radical (unpaired) electrons. The molecule has 0 spiro atoms. The number of ether oxygens (including phenoxy) is 1. The Morgan fingerprint density at radius 2 is 1.83 bits per heavy atom. The minimum absolute atomic E-state index is 0.0890. The van der Waals surface area contributed by atoms with Gasteiger partial charge in [0, 0.05) is 5.69 Å². The van der Waals surface area contributed by atoms with Crippen LogP contribution in [0, 0.1) is 0 Å². The number of carbonyl (C=O) groups is 1. The van der Waals surface area contributed by atoms with Gasteiger partial charge in [-0.25, -0.2) is 4.79 Å². The molecule has 1 aliphatic heterocycles. The minimum atomic E-state index is -4.39. The van der Waals surface area contributed by atoms with Gasteiger partial charge < -0.3 is 14.7 Å². The van der Waals surface area contributed by atoms with Gasteiger partial charge in [-0.3, -0.25) is 0 Å². The van der Waals surface area contributed by atoms with Crippen molar-refractivity contribution in [1.29, 1.82) is 0 Å². The van der Waals surface area contributed by atoms with E-state index in [1.807, 2.05) is 0 Å². The molecule has 3 rings (SSSR count). The number of hydrogen-bond acceptors (Lipinski definition) is 3. The second-order valence-corrected chi connectivity index (χ2v) is 5.03. The number of anilines is 2. The summed E-state index contributed by atoms with van der Waals surface area (Å²) < 4.78 is 43.4. The zero-order valence-electron chi connectivity index (χ0n) is 11.8. The van der Waals surface area contributed by atoms with Crippen LogP contribution in [-0.2, 0) is 6.18 Å². The molecule has 0 aliphatic carbocycles. The van der Waals surface area contributed by atoms with Crippen molar-refractivity contribution >= 4 is 17.3 Å². The molecule has 7 heteroatoms. The Balaban J connectivity index is 1.99. The first-order chi connectivity index (χ1) is 10.9. The van der Waals surface area contributed by atoms with Crippen molar-refractivity contribution in [3.8, 4) is 5.75 Å². The summed E-state index contributed by atoms with van der Waals surface area (Å²) in [6.07, 6.45) is -4.39. The van der Waals surface area contributed by atoms with Crippen LogP contribution in [0.25, 0.3) is 0 Å². The van der Waals surface area contributed by atoms with Crippen molar-refractivity contribution < 1.29 is 27.8 Å². The van der Waals surface area contributed by atoms with Crippen LogP contribution in [0.4, 0.5) is 24.5 Å². The maximum absolute atomic E-state index is 12.6. The summed E-state index contributed by atoms with van der Waals surface area (Å²) in [5, 5.41) is 9.08. The van der Waals surface area contributed by atoms with Crippen molar-refractivity contribution in [2.45, 2.75) is 6.18 Å². The van der Waals surface area contributed by atoms with Crippen molar-refractivity contribution in [3.05, 3.63) is 53.6 Å². The fourth-order valence-corrected chi connectivity index (χ4v) is 2.45. The topological polar surface area (TPSA) is 49.8 Å². The Hall–Kier alpha value is -2.70. The van der Waals surface area contributed by atoms with Gasteiger partial charge in [-0.2, -0.15) is 13.2 Å². The van der Waals surface area contributed by atoms with Gasteiger partial charge in [0.2, 0.25) is 0 Å². The zero-order chi connectivity index (χ0) is 16.6. The summed E-state index contributed by atoms with van der Waals surface area (Å²) in [5.74, 6) is -0.577. The van der Waals surface area contributed by atoms with Gasteiger partial charge in [0.25, 0.3) is 0 Å². The van der Waals surface area contributed by atoms with Crippen LogP contribution < -0.4 is 9.64 Å². The molecule has 2 aromatic rings. The van der Waals surface area contributed by atoms with Crippen LogP contribution in [0.15, 0.2) is 42.5 Å². The standard InChI is InChI=1S/C16H12F3NO3/c17-16(18,19)11-2-4-12(5-3-11)20-7-8-23-14-6-1-10(15(21)22)9-13(14)20/h1-6,9H,7-8H2,(H,21,22). The normalized spacial score (nSPS) is 14.1. The molecule has 0 aromatic heterocycles. The first kappa shape index (κ1) is 15.2. The van der Waals surface area contributed by atoms with E-state index in [4.69, 9.17) is 9.84 Å². The maximum atomic E-state index is 12.6. The molecule has 1 aliphatic rings. The SMILES string of the molecule is O=C(O)c1ccc2c(c1)N(c1ccc(C(F)(F)F)cc1)CCO2. The first-order valence-corrected chi connectivity index (χ1v) is 6.81. The first-order valence-electron chi connectivity index (χ1n) is 6.81. The van der Waals surface area contributed by atoms with Crippen molar-refractivity contribution in [3.63, 3.8) is 0 Å². The molecule has 0 saturated heterocycles. The summed E-state index contributed by atoms with van der Waals surface area (Å²) in [5.41, 5.74) is 0.432. The van der Waals surface area contributed by atoms with Crippen LogP contribution in [0.3, 0.4) is 0 Å². The van der Waals surface area contributed by atoms with E-state index >= 15 is 0 Å². The number of benzene rings is 2. The second kappa shape index (κ2) is 5.49. The summed E-state index contributed by atoms with van der Waals surface area (Å²) in [4.78, 5) is 12.8. The lowest BCUT2D eigenvalue weighted by Crippen LogP contribution is -2.28. The molecular weight excluding hydrogens is 311 g/mol.